The molecule has 15 heavy (non-hydrogen) atoms. The summed E-state index contributed by atoms with van der Waals surface area (Å²) < 4.78 is 4.65. The molecule has 0 aromatic rings. The molecule has 0 heterocycles. The van der Waals surface area contributed by atoms with Crippen LogP contribution in [0, 0.1) is 11.3 Å². The molecule has 0 aromatic heterocycles. The summed E-state index contributed by atoms with van der Waals surface area (Å²) in [6.07, 6.45) is 5.15. The minimum absolute atomic E-state index is 0.0794. The number of rotatable bonds is 6. The predicted molar refractivity (Wildman–Crippen MR) is 63.7 cm³/mol. The molecule has 1 atom stereocenters. The van der Waals surface area contributed by atoms with Crippen molar-refractivity contribution in [3.8, 4) is 0 Å². The van der Waals surface area contributed by atoms with Crippen LogP contribution >= 0.6 is 0 Å². The van der Waals surface area contributed by atoms with Gasteiger partial charge in [-0.3, -0.25) is 4.79 Å². The van der Waals surface area contributed by atoms with E-state index in [-0.39, 0.29) is 5.97 Å². The molecule has 0 N–H and O–H groups in total. The van der Waals surface area contributed by atoms with E-state index in [0.29, 0.717) is 17.8 Å². The van der Waals surface area contributed by atoms with Crippen molar-refractivity contribution < 1.29 is 9.53 Å². The van der Waals surface area contributed by atoms with Crippen LogP contribution in [-0.2, 0) is 9.53 Å². The Hall–Kier alpha value is -0.530. The van der Waals surface area contributed by atoms with Gasteiger partial charge in [0.15, 0.2) is 0 Å². The number of hydrogen-bond donors (Lipinski definition) is 0. The Morgan fingerprint density at radius 3 is 2.27 bits per heavy atom. The van der Waals surface area contributed by atoms with Gasteiger partial charge in [0.2, 0.25) is 0 Å². The van der Waals surface area contributed by atoms with Gasteiger partial charge in [0.25, 0.3) is 0 Å². The highest BCUT2D eigenvalue weighted by atomic mass is 16.5. The highest BCUT2D eigenvalue weighted by molar-refractivity contribution is 5.69. The lowest BCUT2D eigenvalue weighted by Crippen LogP contribution is -2.11. The maximum atomic E-state index is 11.0. The van der Waals surface area contributed by atoms with Crippen LogP contribution in [0.3, 0.4) is 0 Å². The number of esters is 1. The fourth-order valence-corrected chi connectivity index (χ4v) is 1.61. The van der Waals surface area contributed by atoms with Crippen LogP contribution in [0.2, 0.25) is 0 Å². The molecule has 2 nitrogen and oxygen atoms in total. The molecule has 0 radical (unpaired) electrons. The second-order valence-corrected chi connectivity index (χ2v) is 5.49. The minimum atomic E-state index is -0.0794. The first kappa shape index (κ1) is 14.5. The molecule has 90 valence electrons. The van der Waals surface area contributed by atoms with Crippen LogP contribution in [0.15, 0.2) is 0 Å². The smallest absolute Gasteiger partial charge is 0.305 e. The molecule has 0 bridgehead atoms. The van der Waals surface area contributed by atoms with Crippen LogP contribution in [0.5, 0.6) is 0 Å². The van der Waals surface area contributed by atoms with Crippen LogP contribution in [0.4, 0.5) is 0 Å². The summed E-state index contributed by atoms with van der Waals surface area (Å²) in [5.41, 5.74) is 0.401. The third-order valence-corrected chi connectivity index (χ3v) is 2.86. The van der Waals surface area contributed by atoms with Crippen molar-refractivity contribution in [2.24, 2.45) is 11.3 Å². The number of methoxy groups -OCH3 is 1. The maximum Gasteiger partial charge on any atom is 0.305 e. The zero-order valence-corrected chi connectivity index (χ0v) is 10.9. The van der Waals surface area contributed by atoms with E-state index in [1.165, 1.54) is 20.0 Å². The molecule has 0 aliphatic heterocycles. The second kappa shape index (κ2) is 6.86. The predicted octanol–water partition coefficient (Wildman–Crippen LogP) is 3.79. The Morgan fingerprint density at radius 2 is 1.87 bits per heavy atom. The lowest BCUT2D eigenvalue weighted by Gasteiger charge is -2.22. The van der Waals surface area contributed by atoms with Gasteiger partial charge in [0.1, 0.15) is 0 Å². The van der Waals surface area contributed by atoms with Gasteiger partial charge < -0.3 is 4.74 Å². The van der Waals surface area contributed by atoms with Crippen molar-refractivity contribution in [1.82, 2.24) is 0 Å². The Kier molecular flexibility index (Phi) is 6.62. The summed E-state index contributed by atoms with van der Waals surface area (Å²) in [5, 5.41) is 0. The van der Waals surface area contributed by atoms with Gasteiger partial charge in [0, 0.05) is 6.42 Å². The van der Waals surface area contributed by atoms with E-state index in [2.05, 4.69) is 32.4 Å². The maximum absolute atomic E-state index is 11.0. The van der Waals surface area contributed by atoms with Crippen molar-refractivity contribution in [2.45, 2.75) is 59.8 Å². The summed E-state index contributed by atoms with van der Waals surface area (Å²) in [6, 6.07) is 0. The highest BCUT2D eigenvalue weighted by Gasteiger charge is 2.15. The van der Waals surface area contributed by atoms with E-state index in [9.17, 15) is 4.79 Å². The summed E-state index contributed by atoms with van der Waals surface area (Å²) in [6.45, 7) is 8.99. The molecular formula is C13H26O2. The molecule has 0 unspecified atom stereocenters. The average molecular weight is 214 g/mol. The first-order valence-corrected chi connectivity index (χ1v) is 5.96. The Labute approximate surface area is 94.4 Å². The van der Waals surface area contributed by atoms with Crippen molar-refractivity contribution >= 4 is 5.97 Å². The molecule has 0 rings (SSSR count). The highest BCUT2D eigenvalue weighted by Crippen LogP contribution is 2.27. The number of carbonyl (C=O) groups excluding carboxylic acids is 1. The van der Waals surface area contributed by atoms with Crippen molar-refractivity contribution in [3.05, 3.63) is 0 Å². The third kappa shape index (κ3) is 8.46. The molecule has 0 saturated heterocycles. The Balaban J connectivity index is 3.78. The lowest BCUT2D eigenvalue weighted by atomic mass is 9.84. The van der Waals surface area contributed by atoms with E-state index in [1.807, 2.05) is 0 Å². The normalized spacial score (nSPS) is 13.7. The van der Waals surface area contributed by atoms with E-state index >= 15 is 0 Å². The van der Waals surface area contributed by atoms with Gasteiger partial charge in [-0.15, -0.1) is 0 Å². The number of ether oxygens (including phenoxy) is 1. The Bertz CT molecular complexity index is 179. The van der Waals surface area contributed by atoms with Gasteiger partial charge in [-0.2, -0.15) is 0 Å². The first-order valence-electron chi connectivity index (χ1n) is 5.96. The monoisotopic (exact) mass is 214 g/mol. The molecule has 0 aromatic carbocycles. The van der Waals surface area contributed by atoms with Crippen molar-refractivity contribution in [1.29, 1.82) is 0 Å². The van der Waals surface area contributed by atoms with Crippen molar-refractivity contribution in [3.63, 3.8) is 0 Å². The first-order chi connectivity index (χ1) is 6.89. The van der Waals surface area contributed by atoms with Crippen LogP contribution < -0.4 is 0 Å². The molecule has 0 fully saturated rings. The van der Waals surface area contributed by atoms with E-state index in [0.717, 1.165) is 12.8 Å². The standard InChI is InChI=1S/C13H26O2/c1-6-11(7-8-12(14)15-5)9-10-13(2,3)4/h11H,6-10H2,1-5H3/t11-/m0/s1. The van der Waals surface area contributed by atoms with Crippen LogP contribution in [-0.4, -0.2) is 13.1 Å². The molecule has 0 aliphatic rings. The molecule has 0 spiro atoms. The summed E-state index contributed by atoms with van der Waals surface area (Å²) in [4.78, 5) is 11.0. The van der Waals surface area contributed by atoms with Gasteiger partial charge in [0.05, 0.1) is 7.11 Å². The average Bonchev–Trinajstić information content (AvgIpc) is 2.16. The van der Waals surface area contributed by atoms with E-state index < -0.39 is 0 Å². The van der Waals surface area contributed by atoms with Gasteiger partial charge in [-0.25, -0.2) is 0 Å². The molecule has 0 amide bonds. The zero-order chi connectivity index (χ0) is 11.9. The quantitative estimate of drug-likeness (QED) is 0.629. The van der Waals surface area contributed by atoms with Crippen molar-refractivity contribution in [2.75, 3.05) is 7.11 Å². The molecule has 0 saturated carbocycles. The Morgan fingerprint density at radius 1 is 1.27 bits per heavy atom. The van der Waals surface area contributed by atoms with Gasteiger partial charge in [-0.05, 0) is 30.6 Å². The summed E-state index contributed by atoms with van der Waals surface area (Å²) in [7, 11) is 1.46. The van der Waals surface area contributed by atoms with Crippen LogP contribution in [0.1, 0.15) is 59.8 Å². The summed E-state index contributed by atoms with van der Waals surface area (Å²) >= 11 is 0. The van der Waals surface area contributed by atoms with Crippen LogP contribution in [0.25, 0.3) is 0 Å². The fraction of sp³-hybridized carbons (Fsp3) is 0.923. The molecular weight excluding hydrogens is 188 g/mol. The van der Waals surface area contributed by atoms with Gasteiger partial charge in [-0.1, -0.05) is 34.1 Å². The summed E-state index contributed by atoms with van der Waals surface area (Å²) in [5.74, 6) is 0.590. The number of hydrogen-bond acceptors (Lipinski definition) is 2. The lowest BCUT2D eigenvalue weighted by molar-refractivity contribution is -0.140. The van der Waals surface area contributed by atoms with E-state index in [1.54, 1.807) is 0 Å². The third-order valence-electron chi connectivity index (χ3n) is 2.86. The minimum Gasteiger partial charge on any atom is -0.469 e. The second-order valence-electron chi connectivity index (χ2n) is 5.49. The zero-order valence-electron chi connectivity index (χ0n) is 10.9. The number of carbonyl (C=O) groups is 1. The fourth-order valence-electron chi connectivity index (χ4n) is 1.61. The largest absolute Gasteiger partial charge is 0.469 e. The van der Waals surface area contributed by atoms with E-state index in [4.69, 9.17) is 0 Å². The molecule has 2 heteroatoms. The molecule has 0 aliphatic carbocycles. The topological polar surface area (TPSA) is 26.3 Å². The SMILES string of the molecule is CC[C@@H](CCC(=O)OC)CCC(C)(C)C. The van der Waals surface area contributed by atoms with Gasteiger partial charge >= 0.3 is 5.97 Å².